The Hall–Kier alpha value is -0.570. The van der Waals surface area contributed by atoms with Gasteiger partial charge in [-0.15, -0.1) is 12.4 Å². The van der Waals surface area contributed by atoms with Gasteiger partial charge in [0.05, 0.1) is 6.10 Å². The van der Waals surface area contributed by atoms with Crippen LogP contribution in [0.15, 0.2) is 24.3 Å². The minimum atomic E-state index is 0. The number of benzene rings is 1. The van der Waals surface area contributed by atoms with Gasteiger partial charge in [0, 0.05) is 32.0 Å². The minimum Gasteiger partial charge on any atom is -0.376 e. The summed E-state index contributed by atoms with van der Waals surface area (Å²) in [5.41, 5.74) is 2.90. The van der Waals surface area contributed by atoms with Gasteiger partial charge in [0.25, 0.3) is 0 Å². The molecule has 3 heteroatoms. The zero-order valence-corrected chi connectivity index (χ0v) is 9.59. The van der Waals surface area contributed by atoms with Gasteiger partial charge >= 0.3 is 0 Å². The molecule has 3 rings (SSSR count). The third-order valence-electron chi connectivity index (χ3n) is 3.61. The lowest BCUT2D eigenvalue weighted by Crippen LogP contribution is -2.15. The van der Waals surface area contributed by atoms with Gasteiger partial charge in [-0.3, -0.25) is 0 Å². The average molecular weight is 226 g/mol. The van der Waals surface area contributed by atoms with Crippen LogP contribution >= 0.6 is 12.4 Å². The fraction of sp³-hybridized carbons (Fsp3) is 0.500. The number of hydrogen-bond donors (Lipinski definition) is 1. The lowest BCUT2D eigenvalue weighted by atomic mass is 9.96. The van der Waals surface area contributed by atoms with Crippen molar-refractivity contribution in [1.82, 2.24) is 5.32 Å². The molecule has 1 N–H and O–H groups in total. The summed E-state index contributed by atoms with van der Waals surface area (Å²) in [7, 11) is 1.82. The average Bonchev–Trinajstić information content (AvgIpc) is 2.77. The molecule has 1 heterocycles. The summed E-state index contributed by atoms with van der Waals surface area (Å²) < 4.78 is 5.61. The third kappa shape index (κ3) is 1.48. The molecule has 2 nitrogen and oxygen atoms in total. The first-order chi connectivity index (χ1) is 6.92. The minimum absolute atomic E-state index is 0. The first kappa shape index (κ1) is 10.9. The number of methoxy groups -OCH3 is 1. The van der Waals surface area contributed by atoms with Crippen LogP contribution in [0, 0.1) is 5.92 Å². The van der Waals surface area contributed by atoms with Gasteiger partial charge in [0.15, 0.2) is 0 Å². The Morgan fingerprint density at radius 2 is 1.93 bits per heavy atom. The van der Waals surface area contributed by atoms with E-state index >= 15 is 0 Å². The zero-order chi connectivity index (χ0) is 9.54. The summed E-state index contributed by atoms with van der Waals surface area (Å²) in [5, 5.41) is 3.45. The van der Waals surface area contributed by atoms with Gasteiger partial charge in [-0.1, -0.05) is 24.3 Å². The van der Waals surface area contributed by atoms with Crippen molar-refractivity contribution in [1.29, 1.82) is 0 Å². The van der Waals surface area contributed by atoms with Crippen LogP contribution in [0.2, 0.25) is 0 Å². The van der Waals surface area contributed by atoms with E-state index in [1.807, 2.05) is 7.11 Å². The van der Waals surface area contributed by atoms with Gasteiger partial charge in [0.1, 0.15) is 0 Å². The number of nitrogens with one attached hydrogen (secondary N) is 1. The summed E-state index contributed by atoms with van der Waals surface area (Å²) in [5.74, 6) is 1.33. The molecule has 3 unspecified atom stereocenters. The first-order valence-corrected chi connectivity index (χ1v) is 5.24. The van der Waals surface area contributed by atoms with E-state index in [0.717, 1.165) is 13.1 Å². The van der Waals surface area contributed by atoms with Crippen LogP contribution < -0.4 is 5.32 Å². The lowest BCUT2D eigenvalue weighted by Gasteiger charge is -2.16. The number of rotatable bonds is 1. The molecule has 3 atom stereocenters. The molecule has 1 saturated heterocycles. The summed E-state index contributed by atoms with van der Waals surface area (Å²) in [6.07, 6.45) is 0.311. The highest BCUT2D eigenvalue weighted by Crippen LogP contribution is 2.48. The fourth-order valence-corrected chi connectivity index (χ4v) is 3.00. The van der Waals surface area contributed by atoms with E-state index in [1.165, 1.54) is 11.1 Å². The summed E-state index contributed by atoms with van der Waals surface area (Å²) in [6, 6.07) is 8.70. The van der Waals surface area contributed by atoms with Gasteiger partial charge in [-0.05, 0) is 11.1 Å². The van der Waals surface area contributed by atoms with Crippen LogP contribution in [-0.2, 0) is 4.74 Å². The molecule has 0 aromatic heterocycles. The Labute approximate surface area is 96.4 Å². The number of halogens is 1. The Bertz CT molecular complexity index is 340. The number of fused-ring (bicyclic) bond motifs is 3. The Morgan fingerprint density at radius 1 is 1.20 bits per heavy atom. The lowest BCUT2D eigenvalue weighted by molar-refractivity contribution is 0.0650. The summed E-state index contributed by atoms with van der Waals surface area (Å²) in [6.45, 7) is 2.21. The Morgan fingerprint density at radius 3 is 2.67 bits per heavy atom. The predicted molar refractivity (Wildman–Crippen MR) is 62.5 cm³/mol. The maximum absolute atomic E-state index is 5.61. The standard InChI is InChI=1S/C12H15NO.ClH/c1-14-12-9-5-3-2-4-8(9)10-6-13-7-11(10)12;/h2-5,10-13H,6-7H2,1H3;1H. The molecule has 0 bridgehead atoms. The van der Waals surface area contributed by atoms with E-state index in [2.05, 4.69) is 29.6 Å². The number of ether oxygens (including phenoxy) is 1. The van der Waals surface area contributed by atoms with Crippen LogP contribution in [-0.4, -0.2) is 20.2 Å². The first-order valence-electron chi connectivity index (χ1n) is 5.24. The zero-order valence-electron chi connectivity index (χ0n) is 8.77. The monoisotopic (exact) mass is 225 g/mol. The Kier molecular flexibility index (Phi) is 3.01. The van der Waals surface area contributed by atoms with Crippen LogP contribution in [0.4, 0.5) is 0 Å². The second-order valence-electron chi connectivity index (χ2n) is 4.21. The highest BCUT2D eigenvalue weighted by molar-refractivity contribution is 5.85. The highest BCUT2D eigenvalue weighted by atomic mass is 35.5. The molecule has 2 aliphatic rings. The maximum Gasteiger partial charge on any atom is 0.0870 e. The highest BCUT2D eigenvalue weighted by Gasteiger charge is 2.43. The van der Waals surface area contributed by atoms with Crippen molar-refractivity contribution < 1.29 is 4.74 Å². The van der Waals surface area contributed by atoms with Crippen LogP contribution in [0.3, 0.4) is 0 Å². The van der Waals surface area contributed by atoms with E-state index in [1.54, 1.807) is 0 Å². The fourth-order valence-electron chi connectivity index (χ4n) is 3.00. The van der Waals surface area contributed by atoms with Crippen molar-refractivity contribution in [2.75, 3.05) is 20.2 Å². The van der Waals surface area contributed by atoms with Crippen molar-refractivity contribution in [2.45, 2.75) is 12.0 Å². The molecule has 0 saturated carbocycles. The van der Waals surface area contributed by atoms with Crippen LogP contribution in [0.25, 0.3) is 0 Å². The topological polar surface area (TPSA) is 21.3 Å². The van der Waals surface area contributed by atoms with Crippen molar-refractivity contribution in [3.8, 4) is 0 Å². The van der Waals surface area contributed by atoms with E-state index in [4.69, 9.17) is 4.74 Å². The summed E-state index contributed by atoms with van der Waals surface area (Å²) >= 11 is 0. The van der Waals surface area contributed by atoms with Gasteiger partial charge < -0.3 is 10.1 Å². The largest absolute Gasteiger partial charge is 0.376 e. The van der Waals surface area contributed by atoms with Gasteiger partial charge in [-0.2, -0.15) is 0 Å². The maximum atomic E-state index is 5.61. The van der Waals surface area contributed by atoms with Crippen molar-refractivity contribution in [2.24, 2.45) is 5.92 Å². The summed E-state index contributed by atoms with van der Waals surface area (Å²) in [4.78, 5) is 0. The van der Waals surface area contributed by atoms with E-state index in [-0.39, 0.29) is 12.4 Å². The van der Waals surface area contributed by atoms with E-state index in [0.29, 0.717) is 17.9 Å². The molecule has 0 amide bonds. The van der Waals surface area contributed by atoms with Crippen molar-refractivity contribution in [3.63, 3.8) is 0 Å². The molecule has 1 fully saturated rings. The Balaban J connectivity index is 0.000000853. The van der Waals surface area contributed by atoms with Gasteiger partial charge in [0.2, 0.25) is 0 Å². The van der Waals surface area contributed by atoms with Crippen LogP contribution in [0.1, 0.15) is 23.1 Å². The van der Waals surface area contributed by atoms with E-state index in [9.17, 15) is 0 Å². The van der Waals surface area contributed by atoms with Crippen LogP contribution in [0.5, 0.6) is 0 Å². The number of hydrogen-bond acceptors (Lipinski definition) is 2. The smallest absolute Gasteiger partial charge is 0.0870 e. The molecule has 1 aliphatic carbocycles. The molecular formula is C12H16ClNO. The molecule has 1 aromatic rings. The third-order valence-corrected chi connectivity index (χ3v) is 3.61. The molecule has 15 heavy (non-hydrogen) atoms. The SMILES string of the molecule is COC1c2ccccc2C2CNCC21.Cl. The van der Waals surface area contributed by atoms with Crippen molar-refractivity contribution in [3.05, 3.63) is 35.4 Å². The second kappa shape index (κ2) is 4.12. The second-order valence-corrected chi connectivity index (χ2v) is 4.21. The van der Waals surface area contributed by atoms with E-state index < -0.39 is 0 Å². The molecule has 0 radical (unpaired) electrons. The molecule has 0 spiro atoms. The normalized spacial score (nSPS) is 31.9. The molecule has 1 aliphatic heterocycles. The quantitative estimate of drug-likeness (QED) is 0.791. The molecular weight excluding hydrogens is 210 g/mol. The van der Waals surface area contributed by atoms with Crippen molar-refractivity contribution >= 4 is 12.4 Å². The predicted octanol–water partition coefficient (Wildman–Crippen LogP) is 2.11. The molecule has 82 valence electrons. The molecule has 1 aromatic carbocycles. The van der Waals surface area contributed by atoms with Gasteiger partial charge in [-0.25, -0.2) is 0 Å².